The second-order valence-corrected chi connectivity index (χ2v) is 7.33. The van der Waals surface area contributed by atoms with Crippen molar-refractivity contribution in [2.75, 3.05) is 12.4 Å². The number of ether oxygens (including phenoxy) is 1. The highest BCUT2D eigenvalue weighted by Gasteiger charge is 2.14. The summed E-state index contributed by atoms with van der Waals surface area (Å²) in [6, 6.07) is 14.0. The number of hydrogen-bond acceptors (Lipinski definition) is 4. The topological polar surface area (TPSA) is 103 Å². The van der Waals surface area contributed by atoms with E-state index in [0.29, 0.717) is 12.3 Å². The summed E-state index contributed by atoms with van der Waals surface area (Å²) in [5.41, 5.74) is 1.32. The molecule has 1 amide bonds. The number of benzene rings is 2. The molecular formula is C18H19N3O4S. The third kappa shape index (κ3) is 3.87. The molecule has 0 fully saturated rings. The molecule has 2 aromatic carbocycles. The van der Waals surface area contributed by atoms with Gasteiger partial charge in [-0.1, -0.05) is 18.2 Å². The van der Waals surface area contributed by atoms with Gasteiger partial charge in [-0.3, -0.25) is 4.79 Å². The second kappa shape index (κ2) is 7.19. The van der Waals surface area contributed by atoms with Crippen LogP contribution in [0.25, 0.3) is 10.9 Å². The van der Waals surface area contributed by atoms with E-state index in [1.807, 2.05) is 41.1 Å². The molecule has 0 saturated carbocycles. The first kappa shape index (κ1) is 18.0. The average Bonchev–Trinajstić information content (AvgIpc) is 3.02. The summed E-state index contributed by atoms with van der Waals surface area (Å²) in [5.74, 6) is 0.102. The molecule has 0 bridgehead atoms. The van der Waals surface area contributed by atoms with Crippen LogP contribution in [0.4, 0.5) is 5.69 Å². The fourth-order valence-corrected chi connectivity index (χ4v) is 3.27. The van der Waals surface area contributed by atoms with Crippen molar-refractivity contribution < 1.29 is 17.9 Å². The zero-order chi connectivity index (χ0) is 18.7. The molecule has 0 aliphatic carbocycles. The van der Waals surface area contributed by atoms with E-state index in [4.69, 9.17) is 9.88 Å². The molecule has 8 heteroatoms. The standard InChI is InChI=1S/C18H19N3O4S/c1-25-17-7-6-14(26(19,23)24)12-15(17)20-18(22)9-11-21-10-8-13-4-2-3-5-16(13)21/h2-8,10,12H,9,11H2,1H3,(H,20,22)(H2,19,23,24). The van der Waals surface area contributed by atoms with E-state index in [1.165, 1.54) is 25.3 Å². The minimum Gasteiger partial charge on any atom is -0.495 e. The number of aromatic nitrogens is 1. The number of methoxy groups -OCH3 is 1. The van der Waals surface area contributed by atoms with Crippen LogP contribution >= 0.6 is 0 Å². The molecule has 3 aromatic rings. The van der Waals surface area contributed by atoms with E-state index in [9.17, 15) is 13.2 Å². The van der Waals surface area contributed by atoms with Gasteiger partial charge in [0.05, 0.1) is 17.7 Å². The highest BCUT2D eigenvalue weighted by molar-refractivity contribution is 7.89. The molecular weight excluding hydrogens is 354 g/mol. The summed E-state index contributed by atoms with van der Waals surface area (Å²) < 4.78 is 30.2. The molecule has 0 saturated heterocycles. The summed E-state index contributed by atoms with van der Waals surface area (Å²) in [7, 11) is -2.43. The number of aryl methyl sites for hydroxylation is 1. The summed E-state index contributed by atoms with van der Waals surface area (Å²) in [5, 5.41) is 8.93. The van der Waals surface area contributed by atoms with Crippen molar-refractivity contribution in [1.82, 2.24) is 4.57 Å². The molecule has 7 nitrogen and oxygen atoms in total. The van der Waals surface area contributed by atoms with Gasteiger partial charge in [0.25, 0.3) is 0 Å². The number of carbonyl (C=O) groups excluding carboxylic acids is 1. The van der Waals surface area contributed by atoms with Crippen LogP contribution in [-0.2, 0) is 21.4 Å². The Morgan fingerprint density at radius 3 is 2.69 bits per heavy atom. The first-order chi connectivity index (χ1) is 12.4. The third-order valence-electron chi connectivity index (χ3n) is 4.03. The number of nitrogens with one attached hydrogen (secondary N) is 1. The predicted octanol–water partition coefficient (Wildman–Crippen LogP) is 2.33. The van der Waals surface area contributed by atoms with Gasteiger partial charge in [-0.2, -0.15) is 0 Å². The molecule has 0 aliphatic heterocycles. The smallest absolute Gasteiger partial charge is 0.238 e. The van der Waals surface area contributed by atoms with Gasteiger partial charge in [-0.25, -0.2) is 13.6 Å². The largest absolute Gasteiger partial charge is 0.495 e. The number of hydrogen-bond donors (Lipinski definition) is 2. The molecule has 136 valence electrons. The Kier molecular flexibility index (Phi) is 4.97. The van der Waals surface area contributed by atoms with Gasteiger partial charge in [0.1, 0.15) is 5.75 Å². The Morgan fingerprint density at radius 2 is 1.96 bits per heavy atom. The SMILES string of the molecule is COc1ccc(S(N)(=O)=O)cc1NC(=O)CCn1ccc2ccccc21. The maximum absolute atomic E-state index is 12.3. The number of sulfonamides is 1. The minimum absolute atomic E-state index is 0.0926. The van der Waals surface area contributed by atoms with E-state index in [-0.39, 0.29) is 22.9 Å². The lowest BCUT2D eigenvalue weighted by Gasteiger charge is -2.12. The van der Waals surface area contributed by atoms with E-state index >= 15 is 0 Å². The Morgan fingerprint density at radius 1 is 1.19 bits per heavy atom. The Bertz CT molecular complexity index is 1060. The molecule has 3 N–H and O–H groups in total. The first-order valence-corrected chi connectivity index (χ1v) is 9.47. The van der Waals surface area contributed by atoms with E-state index < -0.39 is 10.0 Å². The number of para-hydroxylation sites is 1. The van der Waals surface area contributed by atoms with Crippen molar-refractivity contribution >= 4 is 32.5 Å². The number of primary sulfonamides is 1. The van der Waals surface area contributed by atoms with Gasteiger partial charge in [-0.15, -0.1) is 0 Å². The third-order valence-corrected chi connectivity index (χ3v) is 4.94. The maximum Gasteiger partial charge on any atom is 0.238 e. The van der Waals surface area contributed by atoms with Crippen molar-refractivity contribution in [3.63, 3.8) is 0 Å². The number of nitrogens with two attached hydrogens (primary N) is 1. The Balaban J connectivity index is 1.73. The first-order valence-electron chi connectivity index (χ1n) is 7.93. The van der Waals surface area contributed by atoms with Crippen molar-refractivity contribution in [3.8, 4) is 5.75 Å². The van der Waals surface area contributed by atoms with Crippen LogP contribution in [0.15, 0.2) is 59.6 Å². The van der Waals surface area contributed by atoms with Crippen LogP contribution in [0, 0.1) is 0 Å². The van der Waals surface area contributed by atoms with Crippen LogP contribution in [0.1, 0.15) is 6.42 Å². The number of rotatable bonds is 6. The highest BCUT2D eigenvalue weighted by Crippen LogP contribution is 2.27. The highest BCUT2D eigenvalue weighted by atomic mass is 32.2. The normalized spacial score (nSPS) is 11.5. The van der Waals surface area contributed by atoms with Crippen LogP contribution in [-0.4, -0.2) is 26.0 Å². The number of fused-ring (bicyclic) bond motifs is 1. The maximum atomic E-state index is 12.3. The molecule has 0 unspecified atom stereocenters. The van der Waals surface area contributed by atoms with Crippen LogP contribution in [0.2, 0.25) is 0 Å². The van der Waals surface area contributed by atoms with Gasteiger partial charge < -0.3 is 14.6 Å². The van der Waals surface area contributed by atoms with Crippen LogP contribution < -0.4 is 15.2 Å². The molecule has 1 aromatic heterocycles. The van der Waals surface area contributed by atoms with Gasteiger partial charge in [0.2, 0.25) is 15.9 Å². The van der Waals surface area contributed by atoms with E-state index in [0.717, 1.165) is 10.9 Å². The van der Waals surface area contributed by atoms with Gasteiger partial charge in [0, 0.05) is 24.7 Å². The molecule has 0 radical (unpaired) electrons. The van der Waals surface area contributed by atoms with E-state index in [2.05, 4.69) is 5.32 Å². The zero-order valence-corrected chi connectivity index (χ0v) is 15.0. The summed E-state index contributed by atoms with van der Waals surface area (Å²) in [6.07, 6.45) is 2.15. The van der Waals surface area contributed by atoms with Crippen molar-refractivity contribution in [2.24, 2.45) is 5.14 Å². The number of carbonyl (C=O) groups is 1. The fourth-order valence-electron chi connectivity index (χ4n) is 2.73. The zero-order valence-electron chi connectivity index (χ0n) is 14.2. The van der Waals surface area contributed by atoms with Gasteiger partial charge in [-0.05, 0) is 35.7 Å². The minimum atomic E-state index is -3.87. The Hall–Kier alpha value is -2.84. The van der Waals surface area contributed by atoms with Gasteiger partial charge >= 0.3 is 0 Å². The molecule has 26 heavy (non-hydrogen) atoms. The van der Waals surface area contributed by atoms with Crippen LogP contribution in [0.3, 0.4) is 0 Å². The second-order valence-electron chi connectivity index (χ2n) is 5.77. The monoisotopic (exact) mass is 373 g/mol. The lowest BCUT2D eigenvalue weighted by molar-refractivity contribution is -0.116. The summed E-state index contributed by atoms with van der Waals surface area (Å²) in [6.45, 7) is 0.497. The quantitative estimate of drug-likeness (QED) is 0.692. The van der Waals surface area contributed by atoms with E-state index in [1.54, 1.807) is 0 Å². The van der Waals surface area contributed by atoms with Gasteiger partial charge in [0.15, 0.2) is 0 Å². The molecule has 3 rings (SSSR count). The predicted molar refractivity (Wildman–Crippen MR) is 99.6 cm³/mol. The summed E-state index contributed by atoms with van der Waals surface area (Å²) >= 11 is 0. The van der Waals surface area contributed by atoms with Crippen LogP contribution in [0.5, 0.6) is 5.75 Å². The molecule has 0 aliphatic rings. The number of nitrogens with zero attached hydrogens (tertiary/aromatic N) is 1. The summed E-state index contributed by atoms with van der Waals surface area (Å²) in [4.78, 5) is 12.2. The lowest BCUT2D eigenvalue weighted by Crippen LogP contribution is -2.16. The molecule has 1 heterocycles. The Labute approximate surface area is 151 Å². The van der Waals surface area contributed by atoms with Crippen molar-refractivity contribution in [2.45, 2.75) is 17.9 Å². The molecule has 0 spiro atoms. The number of anilines is 1. The lowest BCUT2D eigenvalue weighted by atomic mass is 10.2. The van der Waals surface area contributed by atoms with Crippen molar-refractivity contribution in [1.29, 1.82) is 0 Å². The van der Waals surface area contributed by atoms with Crippen molar-refractivity contribution in [3.05, 3.63) is 54.7 Å². The number of amides is 1. The fraction of sp³-hybridized carbons (Fsp3) is 0.167. The molecule has 0 atom stereocenters. The average molecular weight is 373 g/mol.